The van der Waals surface area contributed by atoms with Crippen LogP contribution in [0.1, 0.15) is 5.56 Å². The fraction of sp³-hybridized carbons (Fsp3) is 0.118. The van der Waals surface area contributed by atoms with Gasteiger partial charge in [0.2, 0.25) is 0 Å². The maximum Gasteiger partial charge on any atom is 0.281 e. The van der Waals surface area contributed by atoms with Crippen molar-refractivity contribution in [1.29, 1.82) is 0 Å². The normalized spacial score (nSPS) is 16.3. The molecule has 1 aliphatic rings. The van der Waals surface area contributed by atoms with E-state index in [0.717, 1.165) is 11.3 Å². The molecule has 1 amide bonds. The lowest BCUT2D eigenvalue weighted by Crippen LogP contribution is -2.31. The van der Waals surface area contributed by atoms with Gasteiger partial charge in [0.15, 0.2) is 5.11 Å². The zero-order chi connectivity index (χ0) is 16.4. The number of nitrogens with zero attached hydrogens (tertiary/aromatic N) is 3. The van der Waals surface area contributed by atoms with Gasteiger partial charge in [0.25, 0.3) is 5.91 Å². The molecule has 2 aromatic rings. The van der Waals surface area contributed by atoms with E-state index >= 15 is 0 Å². The first-order valence-electron chi connectivity index (χ1n) is 7.00. The van der Waals surface area contributed by atoms with Gasteiger partial charge in [-0.15, -0.1) is 0 Å². The Hall–Kier alpha value is -2.73. The molecule has 0 radical (unpaired) electrons. The van der Waals surface area contributed by atoms with E-state index in [1.165, 1.54) is 4.90 Å². The predicted molar refractivity (Wildman–Crippen MR) is 93.1 cm³/mol. The first kappa shape index (κ1) is 15.2. The number of likely N-dealkylation sites (N-methyl/N-ethyl adjacent to an activating group) is 1. The highest BCUT2D eigenvalue weighted by Crippen LogP contribution is 2.27. The Labute approximate surface area is 139 Å². The number of carbonyl (C=O) groups excluding carboxylic acids is 1. The summed E-state index contributed by atoms with van der Waals surface area (Å²) < 4.78 is 5.14. The molecule has 0 saturated carbocycles. The summed E-state index contributed by atoms with van der Waals surface area (Å²) in [4.78, 5) is 20.0. The maximum atomic E-state index is 12.7. The summed E-state index contributed by atoms with van der Waals surface area (Å²) in [7, 11) is 3.40. The van der Waals surface area contributed by atoms with E-state index in [0.29, 0.717) is 16.5 Å². The van der Waals surface area contributed by atoms with Crippen molar-refractivity contribution in [1.82, 2.24) is 9.88 Å². The Morgan fingerprint density at radius 1 is 1.22 bits per heavy atom. The average molecular weight is 325 g/mol. The number of anilines is 1. The number of hydrogen-bond donors (Lipinski definition) is 0. The van der Waals surface area contributed by atoms with E-state index in [-0.39, 0.29) is 5.91 Å². The SMILES string of the molecule is COc1ccc(/C=C2\C(=O)N(c3cccnc3)C(=S)N2C)cc1. The minimum atomic E-state index is -0.165. The molecule has 6 heteroatoms. The molecule has 1 fully saturated rings. The monoisotopic (exact) mass is 325 g/mol. The van der Waals surface area contributed by atoms with Crippen LogP contribution in [0.4, 0.5) is 5.69 Å². The van der Waals surface area contributed by atoms with Gasteiger partial charge in [-0.2, -0.15) is 0 Å². The highest BCUT2D eigenvalue weighted by atomic mass is 32.1. The quantitative estimate of drug-likeness (QED) is 0.641. The van der Waals surface area contributed by atoms with Crippen molar-refractivity contribution < 1.29 is 9.53 Å². The zero-order valence-electron chi connectivity index (χ0n) is 12.8. The van der Waals surface area contributed by atoms with Gasteiger partial charge in [-0.05, 0) is 48.1 Å². The third-order valence-corrected chi connectivity index (χ3v) is 4.04. The summed E-state index contributed by atoms with van der Waals surface area (Å²) in [5.74, 6) is 0.604. The average Bonchev–Trinajstić information content (AvgIpc) is 2.80. The standard InChI is InChI=1S/C17H15N3O2S/c1-19-15(10-12-5-7-14(22-2)8-6-12)16(21)20(17(19)23)13-4-3-9-18-11-13/h3-11H,1-2H3/b15-10+. The van der Waals surface area contributed by atoms with Crippen LogP contribution in [0.3, 0.4) is 0 Å². The lowest BCUT2D eigenvalue weighted by Gasteiger charge is -2.15. The first-order valence-corrected chi connectivity index (χ1v) is 7.40. The molecule has 116 valence electrons. The molecule has 2 heterocycles. The third kappa shape index (κ3) is 2.80. The molecule has 23 heavy (non-hydrogen) atoms. The molecule has 1 aromatic heterocycles. The Morgan fingerprint density at radius 2 is 1.96 bits per heavy atom. The van der Waals surface area contributed by atoms with Crippen LogP contribution in [0, 0.1) is 0 Å². The molecule has 1 aromatic carbocycles. The second-order valence-corrected chi connectivity index (χ2v) is 5.36. The summed E-state index contributed by atoms with van der Waals surface area (Å²) >= 11 is 5.40. The van der Waals surface area contributed by atoms with E-state index in [2.05, 4.69) is 4.98 Å². The molecule has 0 N–H and O–H groups in total. The number of pyridine rings is 1. The molecule has 1 aliphatic heterocycles. The molecular weight excluding hydrogens is 310 g/mol. The minimum absolute atomic E-state index is 0.165. The third-order valence-electron chi connectivity index (χ3n) is 3.59. The Kier molecular flexibility index (Phi) is 4.08. The molecule has 0 spiro atoms. The number of carbonyl (C=O) groups is 1. The number of methoxy groups -OCH3 is 1. The van der Waals surface area contributed by atoms with Crippen LogP contribution in [0.25, 0.3) is 6.08 Å². The van der Waals surface area contributed by atoms with Crippen molar-refractivity contribution in [3.8, 4) is 5.75 Å². The number of rotatable bonds is 3. The smallest absolute Gasteiger partial charge is 0.281 e. The van der Waals surface area contributed by atoms with Gasteiger partial charge in [0.1, 0.15) is 11.4 Å². The van der Waals surface area contributed by atoms with Gasteiger partial charge in [-0.3, -0.25) is 9.78 Å². The van der Waals surface area contributed by atoms with Crippen LogP contribution in [0.5, 0.6) is 5.75 Å². The zero-order valence-corrected chi connectivity index (χ0v) is 13.6. The minimum Gasteiger partial charge on any atom is -0.497 e. The van der Waals surface area contributed by atoms with Crippen molar-refractivity contribution >= 4 is 35.0 Å². The maximum absolute atomic E-state index is 12.7. The highest BCUT2D eigenvalue weighted by Gasteiger charge is 2.36. The van der Waals surface area contributed by atoms with Crippen LogP contribution in [-0.4, -0.2) is 35.1 Å². The van der Waals surface area contributed by atoms with Gasteiger partial charge in [0, 0.05) is 13.2 Å². The number of ether oxygens (including phenoxy) is 1. The fourth-order valence-electron chi connectivity index (χ4n) is 2.33. The summed E-state index contributed by atoms with van der Waals surface area (Å²) in [6, 6.07) is 11.1. The number of aromatic nitrogens is 1. The molecule has 5 nitrogen and oxygen atoms in total. The summed E-state index contributed by atoms with van der Waals surface area (Å²) in [5, 5.41) is 0.433. The van der Waals surface area contributed by atoms with Crippen LogP contribution in [-0.2, 0) is 4.79 Å². The predicted octanol–water partition coefficient (Wildman–Crippen LogP) is 2.69. The van der Waals surface area contributed by atoms with Gasteiger partial charge in [-0.25, -0.2) is 4.90 Å². The molecule has 1 saturated heterocycles. The van der Waals surface area contributed by atoms with Crippen LogP contribution in [0.2, 0.25) is 0 Å². The highest BCUT2D eigenvalue weighted by molar-refractivity contribution is 7.80. The molecule has 3 rings (SSSR count). The summed E-state index contributed by atoms with van der Waals surface area (Å²) in [5.41, 5.74) is 2.08. The van der Waals surface area contributed by atoms with E-state index < -0.39 is 0 Å². The van der Waals surface area contributed by atoms with Crippen LogP contribution in [0.15, 0.2) is 54.5 Å². The fourth-order valence-corrected chi connectivity index (χ4v) is 2.61. The molecule has 0 bridgehead atoms. The lowest BCUT2D eigenvalue weighted by molar-refractivity contribution is -0.114. The van der Waals surface area contributed by atoms with Crippen molar-refractivity contribution in [2.75, 3.05) is 19.1 Å². The lowest BCUT2D eigenvalue weighted by atomic mass is 10.2. The van der Waals surface area contributed by atoms with Crippen molar-refractivity contribution in [2.24, 2.45) is 0 Å². The molecule has 0 unspecified atom stereocenters. The number of thiocarbonyl (C=S) groups is 1. The van der Waals surface area contributed by atoms with E-state index in [9.17, 15) is 4.79 Å². The summed E-state index contributed by atoms with van der Waals surface area (Å²) in [6.45, 7) is 0. The Balaban J connectivity index is 1.95. The molecular formula is C17H15N3O2S. The van der Waals surface area contributed by atoms with Gasteiger partial charge in [0.05, 0.1) is 19.0 Å². The first-order chi connectivity index (χ1) is 11.1. The van der Waals surface area contributed by atoms with Crippen molar-refractivity contribution in [3.63, 3.8) is 0 Å². The van der Waals surface area contributed by atoms with Crippen LogP contribution < -0.4 is 9.64 Å². The largest absolute Gasteiger partial charge is 0.497 e. The summed E-state index contributed by atoms with van der Waals surface area (Å²) in [6.07, 6.45) is 5.09. The van der Waals surface area contributed by atoms with Gasteiger partial charge >= 0.3 is 0 Å². The van der Waals surface area contributed by atoms with Crippen molar-refractivity contribution in [3.05, 3.63) is 60.1 Å². The van der Waals surface area contributed by atoms with Crippen molar-refractivity contribution in [2.45, 2.75) is 0 Å². The Bertz CT molecular complexity index is 772. The van der Waals surface area contributed by atoms with Crippen LogP contribution >= 0.6 is 12.2 Å². The topological polar surface area (TPSA) is 45.7 Å². The molecule has 0 atom stereocenters. The van der Waals surface area contributed by atoms with Gasteiger partial charge < -0.3 is 9.64 Å². The second-order valence-electron chi connectivity index (χ2n) is 5.00. The van der Waals surface area contributed by atoms with E-state index in [1.807, 2.05) is 30.3 Å². The number of hydrogen-bond acceptors (Lipinski definition) is 4. The van der Waals surface area contributed by atoms with E-state index in [1.54, 1.807) is 43.6 Å². The van der Waals surface area contributed by atoms with E-state index in [4.69, 9.17) is 17.0 Å². The number of amides is 1. The van der Waals surface area contributed by atoms with Gasteiger partial charge in [-0.1, -0.05) is 12.1 Å². The number of benzene rings is 1. The molecule has 0 aliphatic carbocycles. The Morgan fingerprint density at radius 3 is 2.57 bits per heavy atom. The second kappa shape index (κ2) is 6.18.